The first-order chi connectivity index (χ1) is 11.2. The number of hydrogen-bond donors (Lipinski definition) is 1. The topological polar surface area (TPSA) is 15.3 Å². The summed E-state index contributed by atoms with van der Waals surface area (Å²) in [5.41, 5.74) is 5.21. The highest BCUT2D eigenvalue weighted by Gasteiger charge is 2.22. The van der Waals surface area contributed by atoms with Crippen molar-refractivity contribution in [3.63, 3.8) is 0 Å². The van der Waals surface area contributed by atoms with E-state index in [-0.39, 0.29) is 24.8 Å². The third-order valence-corrected chi connectivity index (χ3v) is 4.54. The largest absolute Gasteiger partial charge is 0.314 e. The molecule has 0 amide bonds. The highest BCUT2D eigenvalue weighted by atomic mass is 35.5. The molecular formula is C21H28Cl2N2. The van der Waals surface area contributed by atoms with Gasteiger partial charge in [-0.1, -0.05) is 60.2 Å². The van der Waals surface area contributed by atoms with Crippen molar-refractivity contribution in [3.05, 3.63) is 72.3 Å². The van der Waals surface area contributed by atoms with Crippen LogP contribution in [0.15, 0.2) is 66.7 Å². The minimum atomic E-state index is 0. The number of nitrogens with zero attached hydrogens (tertiary/aromatic N) is 1. The van der Waals surface area contributed by atoms with E-state index in [0.29, 0.717) is 6.04 Å². The minimum absolute atomic E-state index is 0. The molecule has 0 radical (unpaired) electrons. The van der Waals surface area contributed by atoms with E-state index in [1.165, 1.54) is 22.3 Å². The maximum atomic E-state index is 4.14. The average molecular weight is 379 g/mol. The Morgan fingerprint density at radius 1 is 0.960 bits per heavy atom. The van der Waals surface area contributed by atoms with Crippen molar-refractivity contribution >= 4 is 24.8 Å². The van der Waals surface area contributed by atoms with Gasteiger partial charge in [-0.05, 0) is 30.0 Å². The van der Waals surface area contributed by atoms with Crippen molar-refractivity contribution in [3.8, 4) is 11.1 Å². The summed E-state index contributed by atoms with van der Waals surface area (Å²) in [6, 6.07) is 20.1. The number of benzene rings is 2. The van der Waals surface area contributed by atoms with Gasteiger partial charge < -0.3 is 5.32 Å². The molecule has 0 aromatic heterocycles. The van der Waals surface area contributed by atoms with Gasteiger partial charge in [-0.2, -0.15) is 0 Å². The predicted octanol–water partition coefficient (Wildman–Crippen LogP) is 5.11. The van der Waals surface area contributed by atoms with Crippen molar-refractivity contribution in [2.45, 2.75) is 19.4 Å². The Labute approximate surface area is 164 Å². The lowest BCUT2D eigenvalue weighted by Crippen LogP contribution is -2.45. The van der Waals surface area contributed by atoms with Crippen LogP contribution in [-0.2, 0) is 0 Å². The molecule has 2 aromatic carbocycles. The Morgan fingerprint density at radius 2 is 1.52 bits per heavy atom. The molecule has 2 nitrogen and oxygen atoms in total. The number of rotatable bonds is 5. The molecule has 1 saturated heterocycles. The zero-order valence-corrected chi connectivity index (χ0v) is 16.4. The van der Waals surface area contributed by atoms with Crippen molar-refractivity contribution in [1.29, 1.82) is 0 Å². The van der Waals surface area contributed by atoms with E-state index in [9.17, 15) is 0 Å². The van der Waals surface area contributed by atoms with Gasteiger partial charge >= 0.3 is 0 Å². The van der Waals surface area contributed by atoms with Gasteiger partial charge in [-0.15, -0.1) is 31.4 Å². The maximum absolute atomic E-state index is 4.14. The fourth-order valence-corrected chi connectivity index (χ4v) is 3.31. The molecule has 4 heteroatoms. The first-order valence-corrected chi connectivity index (χ1v) is 8.48. The van der Waals surface area contributed by atoms with Crippen LogP contribution >= 0.6 is 24.8 Å². The summed E-state index contributed by atoms with van der Waals surface area (Å²) in [6.45, 7) is 10.6. The summed E-state index contributed by atoms with van der Waals surface area (Å²) < 4.78 is 0. The number of piperazine rings is 1. The highest BCUT2D eigenvalue weighted by molar-refractivity contribution is 5.85. The van der Waals surface area contributed by atoms with Gasteiger partial charge in [-0.3, -0.25) is 4.90 Å². The average Bonchev–Trinajstić information content (AvgIpc) is 2.61. The third kappa shape index (κ3) is 5.86. The van der Waals surface area contributed by atoms with E-state index in [1.807, 2.05) is 0 Å². The Kier molecular flexibility index (Phi) is 9.23. The molecule has 0 spiro atoms. The van der Waals surface area contributed by atoms with E-state index in [1.54, 1.807) is 0 Å². The second-order valence-electron chi connectivity index (χ2n) is 6.45. The molecule has 0 bridgehead atoms. The third-order valence-electron chi connectivity index (χ3n) is 4.54. The second-order valence-corrected chi connectivity index (χ2v) is 6.45. The summed E-state index contributed by atoms with van der Waals surface area (Å²) in [5.74, 6) is 0. The Balaban J connectivity index is 0.00000156. The summed E-state index contributed by atoms with van der Waals surface area (Å²) in [7, 11) is 0. The number of hydrogen-bond acceptors (Lipinski definition) is 2. The van der Waals surface area contributed by atoms with Gasteiger partial charge in [0.25, 0.3) is 0 Å². The molecule has 3 rings (SSSR count). The fraction of sp³-hybridized carbons (Fsp3) is 0.333. The first kappa shape index (κ1) is 21.7. The highest BCUT2D eigenvalue weighted by Crippen LogP contribution is 2.29. The lowest BCUT2D eigenvalue weighted by Gasteiger charge is -2.35. The molecule has 0 unspecified atom stereocenters. The SMILES string of the molecule is C=C(C)C[C@H](c1ccc(-c2ccccc2)cc1)N1CCNCC1.Cl.Cl. The molecular weight excluding hydrogens is 351 g/mol. The standard InChI is InChI=1S/C21H26N2.2ClH/c1-17(2)16-21(23-14-12-22-13-15-23)20-10-8-19(9-11-20)18-6-4-3-5-7-18;;/h3-11,21-22H,1,12-16H2,2H3;2*1H/t21-;;/m1../s1. The monoisotopic (exact) mass is 378 g/mol. The molecule has 2 aromatic rings. The zero-order chi connectivity index (χ0) is 16.1. The number of halogens is 2. The van der Waals surface area contributed by atoms with Crippen molar-refractivity contribution in [2.24, 2.45) is 0 Å². The summed E-state index contributed by atoms with van der Waals surface area (Å²) in [4.78, 5) is 2.59. The van der Waals surface area contributed by atoms with Crippen LogP contribution in [0.4, 0.5) is 0 Å². The van der Waals surface area contributed by atoms with Crippen LogP contribution in [-0.4, -0.2) is 31.1 Å². The van der Waals surface area contributed by atoms with Gasteiger partial charge in [-0.25, -0.2) is 0 Å². The van der Waals surface area contributed by atoms with Crippen LogP contribution in [0.3, 0.4) is 0 Å². The smallest absolute Gasteiger partial charge is 0.0386 e. The zero-order valence-electron chi connectivity index (χ0n) is 14.8. The van der Waals surface area contributed by atoms with Gasteiger partial charge in [0.15, 0.2) is 0 Å². The Hall–Kier alpha value is -1.32. The summed E-state index contributed by atoms with van der Waals surface area (Å²) in [6.07, 6.45) is 1.03. The number of nitrogens with one attached hydrogen (secondary N) is 1. The molecule has 1 aliphatic heterocycles. The Morgan fingerprint density at radius 3 is 2.08 bits per heavy atom. The molecule has 0 aliphatic carbocycles. The van der Waals surface area contributed by atoms with Crippen LogP contribution in [0.5, 0.6) is 0 Å². The van der Waals surface area contributed by atoms with Crippen LogP contribution in [0.1, 0.15) is 24.9 Å². The van der Waals surface area contributed by atoms with Crippen LogP contribution in [0.2, 0.25) is 0 Å². The summed E-state index contributed by atoms with van der Waals surface area (Å²) in [5, 5.41) is 3.44. The normalized spacial score (nSPS) is 15.6. The van der Waals surface area contributed by atoms with Crippen molar-refractivity contribution in [2.75, 3.05) is 26.2 Å². The summed E-state index contributed by atoms with van der Waals surface area (Å²) >= 11 is 0. The molecule has 25 heavy (non-hydrogen) atoms. The van der Waals surface area contributed by atoms with Gasteiger partial charge in [0.2, 0.25) is 0 Å². The first-order valence-electron chi connectivity index (χ1n) is 8.48. The quantitative estimate of drug-likeness (QED) is 0.727. The molecule has 1 fully saturated rings. The van der Waals surface area contributed by atoms with E-state index < -0.39 is 0 Å². The van der Waals surface area contributed by atoms with Gasteiger partial charge in [0, 0.05) is 32.2 Å². The fourth-order valence-electron chi connectivity index (χ4n) is 3.31. The van der Waals surface area contributed by atoms with Crippen molar-refractivity contribution < 1.29 is 0 Å². The second kappa shape index (κ2) is 10.6. The van der Waals surface area contributed by atoms with E-state index >= 15 is 0 Å². The molecule has 0 saturated carbocycles. The van der Waals surface area contributed by atoms with Crippen LogP contribution in [0.25, 0.3) is 11.1 Å². The van der Waals surface area contributed by atoms with Gasteiger partial charge in [0.1, 0.15) is 0 Å². The molecule has 1 heterocycles. The van der Waals surface area contributed by atoms with E-state index in [2.05, 4.69) is 78.3 Å². The molecule has 1 atom stereocenters. The maximum Gasteiger partial charge on any atom is 0.0386 e. The lowest BCUT2D eigenvalue weighted by molar-refractivity contribution is 0.172. The lowest BCUT2D eigenvalue weighted by atomic mass is 9.95. The van der Waals surface area contributed by atoms with Gasteiger partial charge in [0.05, 0.1) is 0 Å². The molecule has 1 aliphatic rings. The Bertz CT molecular complexity index is 635. The van der Waals surface area contributed by atoms with E-state index in [0.717, 1.165) is 32.6 Å². The molecule has 136 valence electrons. The molecule has 1 N–H and O–H groups in total. The van der Waals surface area contributed by atoms with Crippen LogP contribution in [0, 0.1) is 0 Å². The van der Waals surface area contributed by atoms with E-state index in [4.69, 9.17) is 0 Å². The minimum Gasteiger partial charge on any atom is -0.314 e. The van der Waals surface area contributed by atoms with Crippen molar-refractivity contribution in [1.82, 2.24) is 10.2 Å². The predicted molar refractivity (Wildman–Crippen MR) is 113 cm³/mol. The van der Waals surface area contributed by atoms with Crippen LogP contribution < -0.4 is 5.32 Å².